The van der Waals surface area contributed by atoms with Crippen LogP contribution in [0.3, 0.4) is 0 Å². The molecule has 0 aromatic carbocycles. The quantitative estimate of drug-likeness (QED) is 0.697. The summed E-state index contributed by atoms with van der Waals surface area (Å²) in [5.74, 6) is 0. The lowest BCUT2D eigenvalue weighted by Gasteiger charge is -2.00. The van der Waals surface area contributed by atoms with Crippen molar-refractivity contribution in [1.82, 2.24) is 19.9 Å². The first-order chi connectivity index (χ1) is 5.92. The molecule has 0 saturated heterocycles. The maximum Gasteiger partial charge on any atom is 0.165 e. The fourth-order valence-corrected chi connectivity index (χ4v) is 1.24. The second-order valence-electron chi connectivity index (χ2n) is 2.63. The van der Waals surface area contributed by atoms with E-state index >= 15 is 0 Å². The van der Waals surface area contributed by atoms with Crippen molar-refractivity contribution in [2.75, 3.05) is 7.05 Å². The summed E-state index contributed by atoms with van der Waals surface area (Å²) < 4.78 is 1.91. The van der Waals surface area contributed by atoms with E-state index in [9.17, 15) is 0 Å². The topological polar surface area (TPSA) is 42.2 Å². The number of pyridine rings is 1. The summed E-state index contributed by atoms with van der Waals surface area (Å²) in [5.41, 5.74) is 2.09. The standard InChI is InChI=1S/C8H10N4/c1-9-5-7-3-2-4-12-6-10-11-8(7)12/h2-4,6,9H,5H2,1H3. The molecule has 0 radical (unpaired) electrons. The molecule has 4 nitrogen and oxygen atoms in total. The second kappa shape index (κ2) is 2.91. The van der Waals surface area contributed by atoms with Crippen molar-refractivity contribution in [2.24, 2.45) is 0 Å². The van der Waals surface area contributed by atoms with Crippen LogP contribution in [0.1, 0.15) is 5.56 Å². The molecular formula is C8H10N4. The first-order valence-electron chi connectivity index (χ1n) is 3.83. The normalized spacial score (nSPS) is 10.8. The Kier molecular flexibility index (Phi) is 1.75. The van der Waals surface area contributed by atoms with E-state index < -0.39 is 0 Å². The Hall–Kier alpha value is -1.42. The van der Waals surface area contributed by atoms with Gasteiger partial charge in [0, 0.05) is 18.3 Å². The number of aromatic nitrogens is 3. The molecule has 0 amide bonds. The summed E-state index contributed by atoms with van der Waals surface area (Å²) in [4.78, 5) is 0. The zero-order valence-corrected chi connectivity index (χ0v) is 6.86. The predicted octanol–water partition coefficient (Wildman–Crippen LogP) is 0.449. The Labute approximate surface area is 70.2 Å². The first kappa shape index (κ1) is 7.24. The highest BCUT2D eigenvalue weighted by Crippen LogP contribution is 2.05. The van der Waals surface area contributed by atoms with Gasteiger partial charge in [0.25, 0.3) is 0 Å². The molecule has 62 valence electrons. The fraction of sp³-hybridized carbons (Fsp3) is 0.250. The molecule has 0 aliphatic carbocycles. The zero-order chi connectivity index (χ0) is 8.39. The monoisotopic (exact) mass is 162 g/mol. The van der Waals surface area contributed by atoms with Gasteiger partial charge in [-0.1, -0.05) is 6.07 Å². The fourth-order valence-electron chi connectivity index (χ4n) is 1.24. The minimum absolute atomic E-state index is 0.822. The lowest BCUT2D eigenvalue weighted by atomic mass is 10.3. The van der Waals surface area contributed by atoms with E-state index in [1.165, 1.54) is 0 Å². The Morgan fingerprint density at radius 2 is 2.50 bits per heavy atom. The van der Waals surface area contributed by atoms with Gasteiger partial charge in [-0.2, -0.15) is 0 Å². The van der Waals surface area contributed by atoms with E-state index in [1.54, 1.807) is 6.33 Å². The molecule has 0 saturated carbocycles. The Morgan fingerprint density at radius 1 is 1.58 bits per heavy atom. The Morgan fingerprint density at radius 3 is 3.33 bits per heavy atom. The minimum Gasteiger partial charge on any atom is -0.316 e. The SMILES string of the molecule is CNCc1cccn2cnnc12. The zero-order valence-electron chi connectivity index (χ0n) is 6.86. The molecule has 0 aliphatic heterocycles. The Balaban J connectivity index is 2.57. The summed E-state index contributed by atoms with van der Waals surface area (Å²) in [7, 11) is 1.92. The summed E-state index contributed by atoms with van der Waals surface area (Å²) in [5, 5.41) is 10.9. The van der Waals surface area contributed by atoms with Crippen molar-refractivity contribution >= 4 is 5.65 Å². The molecular weight excluding hydrogens is 152 g/mol. The molecule has 0 spiro atoms. The van der Waals surface area contributed by atoms with Crippen molar-refractivity contribution in [3.63, 3.8) is 0 Å². The number of nitrogens with one attached hydrogen (secondary N) is 1. The van der Waals surface area contributed by atoms with E-state index in [0.717, 1.165) is 17.8 Å². The molecule has 0 bridgehead atoms. The maximum atomic E-state index is 4.01. The van der Waals surface area contributed by atoms with Crippen molar-refractivity contribution < 1.29 is 0 Å². The van der Waals surface area contributed by atoms with Crippen LogP contribution in [0.25, 0.3) is 5.65 Å². The average Bonchev–Trinajstić information content (AvgIpc) is 2.53. The summed E-state index contributed by atoms with van der Waals surface area (Å²) in [6, 6.07) is 4.03. The molecule has 4 heteroatoms. The van der Waals surface area contributed by atoms with Gasteiger partial charge in [0.05, 0.1) is 0 Å². The summed E-state index contributed by atoms with van der Waals surface area (Å²) in [6.45, 7) is 0.822. The summed E-state index contributed by atoms with van der Waals surface area (Å²) >= 11 is 0. The smallest absolute Gasteiger partial charge is 0.165 e. The number of fused-ring (bicyclic) bond motifs is 1. The third-order valence-electron chi connectivity index (χ3n) is 1.77. The molecule has 2 heterocycles. The van der Waals surface area contributed by atoms with Crippen molar-refractivity contribution in [3.8, 4) is 0 Å². The van der Waals surface area contributed by atoms with Gasteiger partial charge in [0.2, 0.25) is 0 Å². The highest BCUT2D eigenvalue weighted by Gasteiger charge is 2.00. The van der Waals surface area contributed by atoms with Gasteiger partial charge in [0.15, 0.2) is 5.65 Å². The molecule has 12 heavy (non-hydrogen) atoms. The van der Waals surface area contributed by atoms with E-state index in [4.69, 9.17) is 0 Å². The van der Waals surface area contributed by atoms with Crippen LogP contribution in [-0.4, -0.2) is 21.6 Å². The largest absolute Gasteiger partial charge is 0.316 e. The lowest BCUT2D eigenvalue weighted by molar-refractivity contribution is 0.816. The van der Waals surface area contributed by atoms with E-state index in [0.29, 0.717) is 0 Å². The number of rotatable bonds is 2. The van der Waals surface area contributed by atoms with Gasteiger partial charge in [-0.05, 0) is 13.1 Å². The van der Waals surface area contributed by atoms with Crippen LogP contribution >= 0.6 is 0 Å². The molecule has 2 aromatic rings. The van der Waals surface area contributed by atoms with Crippen molar-refractivity contribution in [2.45, 2.75) is 6.54 Å². The highest BCUT2D eigenvalue weighted by molar-refractivity contribution is 5.45. The molecule has 0 atom stereocenters. The van der Waals surface area contributed by atoms with Crippen LogP contribution < -0.4 is 5.32 Å². The molecule has 1 N–H and O–H groups in total. The Bertz CT molecular complexity index is 379. The number of nitrogens with zero attached hydrogens (tertiary/aromatic N) is 3. The van der Waals surface area contributed by atoms with Gasteiger partial charge in [0.1, 0.15) is 6.33 Å². The molecule has 0 fully saturated rings. The van der Waals surface area contributed by atoms with Crippen molar-refractivity contribution in [1.29, 1.82) is 0 Å². The van der Waals surface area contributed by atoms with Crippen LogP contribution in [0.5, 0.6) is 0 Å². The maximum absolute atomic E-state index is 4.01. The van der Waals surface area contributed by atoms with E-state index in [2.05, 4.69) is 15.5 Å². The number of hydrogen-bond donors (Lipinski definition) is 1. The highest BCUT2D eigenvalue weighted by atomic mass is 15.2. The van der Waals surface area contributed by atoms with Crippen LogP contribution in [0.2, 0.25) is 0 Å². The van der Waals surface area contributed by atoms with Gasteiger partial charge in [-0.25, -0.2) is 0 Å². The number of hydrogen-bond acceptors (Lipinski definition) is 3. The van der Waals surface area contributed by atoms with Crippen molar-refractivity contribution in [3.05, 3.63) is 30.2 Å². The molecule has 0 unspecified atom stereocenters. The van der Waals surface area contributed by atoms with E-state index in [-0.39, 0.29) is 0 Å². The van der Waals surface area contributed by atoms with Crippen LogP contribution in [0, 0.1) is 0 Å². The van der Waals surface area contributed by atoms with Gasteiger partial charge >= 0.3 is 0 Å². The first-order valence-corrected chi connectivity index (χ1v) is 3.83. The van der Waals surface area contributed by atoms with Gasteiger partial charge in [-0.3, -0.25) is 4.40 Å². The van der Waals surface area contributed by atoms with Gasteiger partial charge in [-0.15, -0.1) is 10.2 Å². The van der Waals surface area contributed by atoms with Crippen LogP contribution in [0.4, 0.5) is 0 Å². The predicted molar refractivity (Wildman–Crippen MR) is 45.8 cm³/mol. The van der Waals surface area contributed by atoms with Gasteiger partial charge < -0.3 is 5.32 Å². The summed E-state index contributed by atoms with van der Waals surface area (Å²) in [6.07, 6.45) is 3.64. The average molecular weight is 162 g/mol. The lowest BCUT2D eigenvalue weighted by Crippen LogP contribution is -2.06. The minimum atomic E-state index is 0.822. The second-order valence-corrected chi connectivity index (χ2v) is 2.63. The van der Waals surface area contributed by atoms with E-state index in [1.807, 2.05) is 29.8 Å². The third kappa shape index (κ3) is 1.06. The third-order valence-corrected chi connectivity index (χ3v) is 1.77. The van der Waals surface area contributed by atoms with Crippen LogP contribution in [0.15, 0.2) is 24.7 Å². The molecule has 2 rings (SSSR count). The molecule has 2 aromatic heterocycles. The molecule has 0 aliphatic rings. The van der Waals surface area contributed by atoms with Crippen LogP contribution in [-0.2, 0) is 6.54 Å².